The highest BCUT2D eigenvalue weighted by atomic mass is 32.1. The van der Waals surface area contributed by atoms with E-state index in [-0.39, 0.29) is 12.2 Å². The van der Waals surface area contributed by atoms with Gasteiger partial charge in [-0.25, -0.2) is 9.79 Å². The van der Waals surface area contributed by atoms with E-state index in [9.17, 15) is 9.59 Å². The summed E-state index contributed by atoms with van der Waals surface area (Å²) in [6, 6.07) is 16.6. The third-order valence-corrected chi connectivity index (χ3v) is 6.42. The number of nitrogens with zero attached hydrogens (tertiary/aromatic N) is 2. The number of rotatable bonds is 8. The smallest absolute Gasteiger partial charge is 0.338 e. The van der Waals surface area contributed by atoms with Crippen molar-refractivity contribution < 1.29 is 14.3 Å². The fourth-order valence-corrected chi connectivity index (χ4v) is 4.85. The van der Waals surface area contributed by atoms with E-state index < -0.39 is 12.0 Å². The van der Waals surface area contributed by atoms with Gasteiger partial charge in [0, 0.05) is 0 Å². The van der Waals surface area contributed by atoms with E-state index in [2.05, 4.69) is 11.6 Å². The van der Waals surface area contributed by atoms with E-state index in [1.54, 1.807) is 17.6 Å². The van der Waals surface area contributed by atoms with Gasteiger partial charge < -0.3 is 9.47 Å². The van der Waals surface area contributed by atoms with Gasteiger partial charge in [0.05, 0.1) is 28.5 Å². The van der Waals surface area contributed by atoms with Crippen molar-refractivity contribution in [1.29, 1.82) is 0 Å². The molecule has 0 saturated carbocycles. The average molecular weight is 487 g/mol. The number of carbonyl (C=O) groups excluding carboxylic acids is 1. The van der Waals surface area contributed by atoms with Gasteiger partial charge in [-0.3, -0.25) is 9.36 Å². The van der Waals surface area contributed by atoms with Gasteiger partial charge in [-0.05, 0) is 43.2 Å². The molecule has 7 heteroatoms. The Morgan fingerprint density at radius 2 is 1.91 bits per heavy atom. The molecule has 1 aliphatic rings. The minimum atomic E-state index is -0.667. The topological polar surface area (TPSA) is 69.9 Å². The van der Waals surface area contributed by atoms with E-state index in [0.29, 0.717) is 33.0 Å². The number of thiazole rings is 1. The highest BCUT2D eigenvalue weighted by Crippen LogP contribution is 2.31. The summed E-state index contributed by atoms with van der Waals surface area (Å²) < 4.78 is 13.0. The van der Waals surface area contributed by atoms with Crippen molar-refractivity contribution in [2.24, 2.45) is 4.99 Å². The van der Waals surface area contributed by atoms with Crippen LogP contribution in [0.15, 0.2) is 94.4 Å². The van der Waals surface area contributed by atoms with Crippen LogP contribution in [0.3, 0.4) is 0 Å². The molecule has 1 aromatic heterocycles. The Balaban J connectivity index is 1.82. The quantitative estimate of drug-likeness (QED) is 0.356. The van der Waals surface area contributed by atoms with Crippen molar-refractivity contribution in [1.82, 2.24) is 4.57 Å². The van der Waals surface area contributed by atoms with Crippen LogP contribution < -0.4 is 19.6 Å². The molecule has 4 rings (SSSR count). The Kier molecular flexibility index (Phi) is 7.57. The van der Waals surface area contributed by atoms with Gasteiger partial charge in [-0.2, -0.15) is 0 Å². The van der Waals surface area contributed by atoms with Crippen LogP contribution in [0.2, 0.25) is 0 Å². The third-order valence-electron chi connectivity index (χ3n) is 5.42. The predicted molar refractivity (Wildman–Crippen MR) is 139 cm³/mol. The zero-order valence-electron chi connectivity index (χ0n) is 19.6. The first kappa shape index (κ1) is 24.2. The highest BCUT2D eigenvalue weighted by Gasteiger charge is 2.33. The second kappa shape index (κ2) is 11.0. The van der Waals surface area contributed by atoms with Gasteiger partial charge in [0.25, 0.3) is 5.56 Å². The second-order valence-electron chi connectivity index (χ2n) is 7.76. The zero-order valence-corrected chi connectivity index (χ0v) is 20.5. The lowest BCUT2D eigenvalue weighted by Crippen LogP contribution is -2.39. The Bertz CT molecular complexity index is 1460. The van der Waals surface area contributed by atoms with Crippen LogP contribution in [0, 0.1) is 0 Å². The van der Waals surface area contributed by atoms with E-state index in [0.717, 1.165) is 11.1 Å². The zero-order chi connectivity index (χ0) is 24.8. The van der Waals surface area contributed by atoms with Crippen molar-refractivity contribution in [3.8, 4) is 5.75 Å². The maximum absolute atomic E-state index is 13.5. The van der Waals surface area contributed by atoms with Crippen LogP contribution in [0.1, 0.15) is 31.0 Å². The molecule has 0 fully saturated rings. The van der Waals surface area contributed by atoms with Crippen LogP contribution in [-0.2, 0) is 9.53 Å². The van der Waals surface area contributed by atoms with Crippen LogP contribution in [-0.4, -0.2) is 23.8 Å². The summed E-state index contributed by atoms with van der Waals surface area (Å²) in [5, 5.41) is 0. The van der Waals surface area contributed by atoms with Crippen molar-refractivity contribution >= 4 is 29.5 Å². The first-order valence-corrected chi connectivity index (χ1v) is 12.1. The molecule has 0 aliphatic carbocycles. The van der Waals surface area contributed by atoms with Crippen molar-refractivity contribution in [2.75, 3.05) is 13.2 Å². The number of ether oxygens (including phenoxy) is 2. The minimum absolute atomic E-state index is 0.0698. The predicted octanol–water partition coefficient (Wildman–Crippen LogP) is 4.03. The van der Waals surface area contributed by atoms with Crippen LogP contribution in [0.5, 0.6) is 5.75 Å². The van der Waals surface area contributed by atoms with Crippen molar-refractivity contribution in [3.63, 3.8) is 0 Å². The van der Waals surface area contributed by atoms with Gasteiger partial charge in [0.1, 0.15) is 12.4 Å². The lowest BCUT2D eigenvalue weighted by molar-refractivity contribution is -0.138. The van der Waals surface area contributed by atoms with E-state index in [4.69, 9.17) is 9.47 Å². The molecule has 0 spiro atoms. The molecule has 1 unspecified atom stereocenters. The Morgan fingerprint density at radius 1 is 1.17 bits per heavy atom. The van der Waals surface area contributed by atoms with Gasteiger partial charge in [-0.15, -0.1) is 0 Å². The molecule has 2 aromatic carbocycles. The maximum atomic E-state index is 13.5. The summed E-state index contributed by atoms with van der Waals surface area (Å²) >= 11 is 1.29. The van der Waals surface area contributed by atoms with Crippen molar-refractivity contribution in [3.05, 3.63) is 115 Å². The van der Waals surface area contributed by atoms with Crippen LogP contribution in [0.4, 0.5) is 0 Å². The molecule has 3 aromatic rings. The van der Waals surface area contributed by atoms with Gasteiger partial charge in [0.15, 0.2) is 4.80 Å². The SMILES string of the molecule is C=CCOC(=O)C1=C(C)N=c2s/c(=C\C=C\c3ccccc3)c(=O)n2C1c1ccc(OCC)cc1. The number of fused-ring (bicyclic) bond motifs is 1. The number of allylic oxidation sites excluding steroid dienone is 2. The molecule has 0 saturated heterocycles. The molecule has 0 amide bonds. The third kappa shape index (κ3) is 5.25. The Morgan fingerprint density at radius 3 is 2.60 bits per heavy atom. The first-order chi connectivity index (χ1) is 17.0. The fraction of sp³-hybridized carbons (Fsp3) is 0.179. The highest BCUT2D eigenvalue weighted by molar-refractivity contribution is 7.07. The molecule has 2 heterocycles. The molecule has 0 radical (unpaired) electrons. The largest absolute Gasteiger partial charge is 0.494 e. The summed E-state index contributed by atoms with van der Waals surface area (Å²) in [6.45, 7) is 7.90. The van der Waals surface area contributed by atoms with E-state index >= 15 is 0 Å². The molecular weight excluding hydrogens is 460 g/mol. The molecule has 35 heavy (non-hydrogen) atoms. The van der Waals surface area contributed by atoms with Gasteiger partial charge in [-0.1, -0.05) is 78.6 Å². The van der Waals surface area contributed by atoms with Crippen molar-refractivity contribution in [2.45, 2.75) is 19.9 Å². The molecule has 1 aliphatic heterocycles. The second-order valence-corrected chi connectivity index (χ2v) is 8.77. The number of hydrogen-bond donors (Lipinski definition) is 0. The number of hydrogen-bond acceptors (Lipinski definition) is 6. The summed E-state index contributed by atoms with van der Waals surface area (Å²) in [6.07, 6.45) is 7.07. The summed E-state index contributed by atoms with van der Waals surface area (Å²) in [7, 11) is 0. The van der Waals surface area contributed by atoms with Crippen LogP contribution in [0.25, 0.3) is 12.2 Å². The number of aromatic nitrogens is 1. The molecule has 0 bridgehead atoms. The normalized spacial score (nSPS) is 15.6. The number of benzene rings is 2. The lowest BCUT2D eigenvalue weighted by atomic mass is 9.96. The average Bonchev–Trinajstić information content (AvgIpc) is 3.17. The minimum Gasteiger partial charge on any atom is -0.494 e. The van der Waals surface area contributed by atoms with Crippen LogP contribution >= 0.6 is 11.3 Å². The lowest BCUT2D eigenvalue weighted by Gasteiger charge is -2.24. The van der Waals surface area contributed by atoms with Gasteiger partial charge in [0.2, 0.25) is 0 Å². The van der Waals surface area contributed by atoms with Gasteiger partial charge >= 0.3 is 5.97 Å². The Labute approximate surface area is 207 Å². The standard InChI is InChI=1S/C28H26N2O4S/c1-4-18-34-27(32)24-19(3)29-28-30(25(24)21-14-16-22(17-15-21)33-5-2)26(31)23(35-28)13-9-12-20-10-7-6-8-11-20/h4,6-17,25H,1,5,18H2,2-3H3/b12-9+,23-13-. The summed E-state index contributed by atoms with van der Waals surface area (Å²) in [4.78, 5) is 31.7. The molecule has 1 atom stereocenters. The van der Waals surface area contributed by atoms with E-state index in [1.165, 1.54) is 17.4 Å². The summed E-state index contributed by atoms with van der Waals surface area (Å²) in [5.41, 5.74) is 2.43. The monoisotopic (exact) mass is 486 g/mol. The number of carbonyl (C=O) groups is 1. The van der Waals surface area contributed by atoms with E-state index in [1.807, 2.05) is 73.7 Å². The number of esters is 1. The summed E-state index contributed by atoms with van der Waals surface area (Å²) in [5.74, 6) is 0.189. The fourth-order valence-electron chi connectivity index (χ4n) is 3.85. The maximum Gasteiger partial charge on any atom is 0.338 e. The first-order valence-electron chi connectivity index (χ1n) is 11.3. The Hall–Kier alpha value is -3.97. The molecule has 0 N–H and O–H groups in total. The molecular formula is C28H26N2O4S. The molecule has 178 valence electrons. The molecule has 6 nitrogen and oxygen atoms in total.